The first-order valence-corrected chi connectivity index (χ1v) is 13.0. The molecule has 2 aromatic carbocycles. The third-order valence-electron chi connectivity index (χ3n) is 8.31. The van der Waals surface area contributed by atoms with Gasteiger partial charge in [0.05, 0.1) is 29.1 Å². The van der Waals surface area contributed by atoms with Gasteiger partial charge in [-0.15, -0.1) is 0 Å². The topological polar surface area (TPSA) is 72.9 Å². The second kappa shape index (κ2) is 10.8. The summed E-state index contributed by atoms with van der Waals surface area (Å²) in [6.45, 7) is 3.38. The molecule has 1 unspecified atom stereocenters. The van der Waals surface area contributed by atoms with Crippen molar-refractivity contribution in [1.82, 2.24) is 15.1 Å². The maximum Gasteiger partial charge on any atom is 0.416 e. The molecule has 2 aliphatic heterocycles. The number of carbonyl (C=O) groups excluding carboxylic acids is 1. The molecule has 2 aromatic rings. The minimum atomic E-state index is -5.03. The van der Waals surface area contributed by atoms with E-state index in [1.54, 1.807) is 6.92 Å². The zero-order chi connectivity index (χ0) is 30.5. The zero-order valence-corrected chi connectivity index (χ0v) is 22.5. The van der Waals surface area contributed by atoms with Gasteiger partial charge in [0, 0.05) is 25.7 Å². The van der Waals surface area contributed by atoms with Crippen LogP contribution < -0.4 is 5.32 Å². The molecule has 2 saturated heterocycles. The average molecular weight is 590 g/mol. The number of likely N-dealkylation sites (tertiary alicyclic amines) is 1. The van der Waals surface area contributed by atoms with E-state index in [4.69, 9.17) is 0 Å². The van der Waals surface area contributed by atoms with Gasteiger partial charge in [-0.2, -0.15) is 26.3 Å². The first-order chi connectivity index (χ1) is 18.9. The van der Waals surface area contributed by atoms with Gasteiger partial charge in [-0.05, 0) is 80.1 Å². The number of hydrogen-bond acceptors (Lipinski definition) is 3. The minimum Gasteiger partial charge on any atom is -0.481 e. The number of carboxylic acids is 1. The number of urea groups is 1. The highest BCUT2D eigenvalue weighted by Crippen LogP contribution is 2.44. The fourth-order valence-corrected chi connectivity index (χ4v) is 5.88. The van der Waals surface area contributed by atoms with E-state index < -0.39 is 64.8 Å². The van der Waals surface area contributed by atoms with E-state index in [1.807, 2.05) is 0 Å². The van der Waals surface area contributed by atoms with Gasteiger partial charge in [0.15, 0.2) is 0 Å². The predicted octanol–water partition coefficient (Wildman–Crippen LogP) is 6.55. The molecule has 2 fully saturated rings. The standard InChI is InChI=1S/C28H30F7N3O3/c1-15-8-21(29)4-5-22(15)23-13-26(12-18(14-36-26)24(39)40)6-7-38(23)25(41)37(3)16(2)17-9-19(27(30,31)32)11-20(10-17)28(33,34)35/h4-5,8-11,16,18,23,36H,6-7,12-14H2,1-3H3,(H,39,40)/t16-,18?,23-,26-/m1/s1. The number of piperidine rings is 1. The Morgan fingerprint density at radius 1 is 1.05 bits per heavy atom. The summed E-state index contributed by atoms with van der Waals surface area (Å²) in [4.78, 5) is 28.0. The molecule has 0 saturated carbocycles. The summed E-state index contributed by atoms with van der Waals surface area (Å²) in [5.41, 5.74) is -2.75. The van der Waals surface area contributed by atoms with Crippen molar-refractivity contribution < 1.29 is 45.4 Å². The first kappa shape index (κ1) is 30.6. The van der Waals surface area contributed by atoms with Crippen molar-refractivity contribution >= 4 is 12.0 Å². The van der Waals surface area contributed by atoms with Crippen LogP contribution in [-0.4, -0.2) is 52.6 Å². The third kappa shape index (κ3) is 6.29. The normalized spacial score (nSPS) is 24.0. The Labute approximate surface area is 232 Å². The summed E-state index contributed by atoms with van der Waals surface area (Å²) in [6.07, 6.45) is -9.08. The molecule has 2 heterocycles. The van der Waals surface area contributed by atoms with Crippen LogP contribution in [0.5, 0.6) is 0 Å². The van der Waals surface area contributed by atoms with Crippen LogP contribution in [0.3, 0.4) is 0 Å². The van der Waals surface area contributed by atoms with E-state index in [0.717, 1.165) is 4.90 Å². The molecule has 224 valence electrons. The highest BCUT2D eigenvalue weighted by molar-refractivity contribution is 5.76. The lowest BCUT2D eigenvalue weighted by atomic mass is 9.77. The number of rotatable bonds is 4. The third-order valence-corrected chi connectivity index (χ3v) is 8.31. The number of carbonyl (C=O) groups is 2. The van der Waals surface area contributed by atoms with Crippen LogP contribution in [0, 0.1) is 18.7 Å². The summed E-state index contributed by atoms with van der Waals surface area (Å²) in [5.74, 6) is -2.07. The number of halogens is 7. The molecular weight excluding hydrogens is 559 g/mol. The molecule has 2 amide bonds. The molecule has 2 aliphatic rings. The Kier molecular flexibility index (Phi) is 8.07. The number of carboxylic acid groups (broad SMARTS) is 1. The van der Waals surface area contributed by atoms with Gasteiger partial charge < -0.3 is 20.2 Å². The van der Waals surface area contributed by atoms with Crippen LogP contribution in [0.1, 0.15) is 66.1 Å². The monoisotopic (exact) mass is 589 g/mol. The maximum absolute atomic E-state index is 13.9. The summed E-state index contributed by atoms with van der Waals surface area (Å²) in [5, 5.41) is 12.8. The number of benzene rings is 2. The smallest absolute Gasteiger partial charge is 0.416 e. The molecule has 0 bridgehead atoms. The second-order valence-corrected chi connectivity index (χ2v) is 11.0. The van der Waals surface area contributed by atoms with Crippen LogP contribution >= 0.6 is 0 Å². The van der Waals surface area contributed by atoms with Crippen molar-refractivity contribution in [2.45, 2.75) is 63.1 Å². The van der Waals surface area contributed by atoms with Gasteiger partial charge in [0.1, 0.15) is 5.82 Å². The molecule has 4 atom stereocenters. The van der Waals surface area contributed by atoms with Gasteiger partial charge in [0.2, 0.25) is 0 Å². The van der Waals surface area contributed by atoms with E-state index >= 15 is 0 Å². The Hall–Kier alpha value is -3.35. The van der Waals surface area contributed by atoms with Crippen molar-refractivity contribution in [2.24, 2.45) is 5.92 Å². The molecule has 0 aromatic heterocycles. The highest BCUT2D eigenvalue weighted by atomic mass is 19.4. The van der Waals surface area contributed by atoms with Gasteiger partial charge >= 0.3 is 24.4 Å². The Morgan fingerprint density at radius 3 is 2.17 bits per heavy atom. The molecule has 0 radical (unpaired) electrons. The number of nitrogens with zero attached hydrogens (tertiary/aromatic N) is 2. The summed E-state index contributed by atoms with van der Waals surface area (Å²) >= 11 is 0. The quantitative estimate of drug-likeness (QED) is 0.397. The summed E-state index contributed by atoms with van der Waals surface area (Å²) in [7, 11) is 1.30. The van der Waals surface area contributed by atoms with Gasteiger partial charge in [-0.3, -0.25) is 4.79 Å². The number of hydrogen-bond donors (Lipinski definition) is 2. The van der Waals surface area contributed by atoms with Crippen LogP contribution in [0.15, 0.2) is 36.4 Å². The Balaban J connectivity index is 1.68. The number of amides is 2. The second-order valence-electron chi connectivity index (χ2n) is 11.0. The Morgan fingerprint density at radius 2 is 1.66 bits per heavy atom. The maximum atomic E-state index is 13.9. The number of aliphatic carboxylic acids is 1. The van der Waals surface area contributed by atoms with E-state index in [9.17, 15) is 45.4 Å². The van der Waals surface area contributed by atoms with Crippen molar-refractivity contribution in [3.8, 4) is 0 Å². The van der Waals surface area contributed by atoms with Gasteiger partial charge in [-0.1, -0.05) is 6.07 Å². The minimum absolute atomic E-state index is 0.0362. The molecule has 0 aliphatic carbocycles. The average Bonchev–Trinajstić information content (AvgIpc) is 3.29. The molecule has 41 heavy (non-hydrogen) atoms. The van der Waals surface area contributed by atoms with Gasteiger partial charge in [-0.25, -0.2) is 9.18 Å². The largest absolute Gasteiger partial charge is 0.481 e. The molecule has 4 rings (SSSR count). The number of nitrogens with one attached hydrogen (secondary N) is 1. The summed E-state index contributed by atoms with van der Waals surface area (Å²) < 4.78 is 94.6. The molecule has 6 nitrogen and oxygen atoms in total. The van der Waals surface area contributed by atoms with Crippen molar-refractivity contribution in [3.63, 3.8) is 0 Å². The predicted molar refractivity (Wildman–Crippen MR) is 134 cm³/mol. The number of aryl methyl sites for hydroxylation is 1. The lowest BCUT2D eigenvalue weighted by molar-refractivity contribution is -0.143. The van der Waals surface area contributed by atoms with E-state index in [0.29, 0.717) is 42.5 Å². The molecular formula is C28H30F7N3O3. The van der Waals surface area contributed by atoms with E-state index in [2.05, 4.69) is 5.32 Å². The molecule has 1 spiro atoms. The van der Waals surface area contributed by atoms with Gasteiger partial charge in [0.25, 0.3) is 0 Å². The molecule has 13 heteroatoms. The van der Waals surface area contributed by atoms with E-state index in [1.165, 1.54) is 37.1 Å². The van der Waals surface area contributed by atoms with Crippen molar-refractivity contribution in [1.29, 1.82) is 0 Å². The molecule has 2 N–H and O–H groups in total. The fraction of sp³-hybridized carbons (Fsp3) is 0.500. The SMILES string of the molecule is Cc1cc(F)ccc1[C@H]1C[C@@]2(CCN1C(=O)N(C)[C@H](C)c1cc(C(F)(F)F)cc(C(F)(F)F)c1)CC(C(=O)O)CN2. The van der Waals surface area contributed by atoms with Crippen LogP contribution in [0.25, 0.3) is 0 Å². The number of alkyl halides is 6. The lowest BCUT2D eigenvalue weighted by Crippen LogP contribution is -2.55. The van der Waals surface area contributed by atoms with Crippen molar-refractivity contribution in [3.05, 3.63) is 70.0 Å². The zero-order valence-electron chi connectivity index (χ0n) is 22.5. The Bertz CT molecular complexity index is 1300. The van der Waals surface area contributed by atoms with Crippen molar-refractivity contribution in [2.75, 3.05) is 20.1 Å². The lowest BCUT2D eigenvalue weighted by Gasteiger charge is -2.47. The fourth-order valence-electron chi connectivity index (χ4n) is 5.88. The first-order valence-electron chi connectivity index (χ1n) is 13.0. The van der Waals surface area contributed by atoms with E-state index in [-0.39, 0.29) is 24.7 Å². The summed E-state index contributed by atoms with van der Waals surface area (Å²) in [6, 6.07) is 2.85. The van der Waals surface area contributed by atoms with Crippen LogP contribution in [-0.2, 0) is 17.1 Å². The highest BCUT2D eigenvalue weighted by Gasteiger charge is 2.48. The van der Waals surface area contributed by atoms with Crippen LogP contribution in [0.4, 0.5) is 35.5 Å². The van der Waals surface area contributed by atoms with Crippen LogP contribution in [0.2, 0.25) is 0 Å².